The van der Waals surface area contributed by atoms with Crippen LogP contribution in [0.2, 0.25) is 0 Å². The Balaban J connectivity index is 0. The largest absolute Gasteiger partial charge is 0.231 e. The van der Waals surface area contributed by atoms with Gasteiger partial charge in [-0.2, -0.15) is 0 Å². The predicted octanol–water partition coefficient (Wildman–Crippen LogP) is 3.00. The summed E-state index contributed by atoms with van der Waals surface area (Å²) in [5, 5.41) is 10.8. The van der Waals surface area contributed by atoms with Gasteiger partial charge in [-0.15, -0.1) is 0 Å². The quantitative estimate of drug-likeness (QED) is 0.622. The van der Waals surface area contributed by atoms with Crippen LogP contribution in [0.4, 0.5) is 0 Å². The minimum Gasteiger partial charge on any atom is -0.222 e. The summed E-state index contributed by atoms with van der Waals surface area (Å²) in [6, 6.07) is 8.72. The van der Waals surface area contributed by atoms with Crippen LogP contribution in [0.25, 0.3) is 0 Å². The topological polar surface area (TPSA) is 81.8 Å². The normalized spacial score (nSPS) is 7.41. The number of carbonyl (C=O) groups excluding carboxylic acids is 2. The van der Waals surface area contributed by atoms with Gasteiger partial charge in [-0.1, -0.05) is 44.5 Å². The fourth-order valence-corrected chi connectivity index (χ4v) is 1.42. The fraction of sp³-hybridized carbons (Fsp3) is 0.385. The molecule has 1 rings (SSSR count). The lowest BCUT2D eigenvalue weighted by Crippen LogP contribution is -1.90. The molecule has 1 aromatic rings. The van der Waals surface area contributed by atoms with Crippen LogP contribution in [0.15, 0.2) is 24.3 Å². The smallest absolute Gasteiger partial charge is 0.222 e. The summed E-state index contributed by atoms with van der Waals surface area (Å²) in [6.45, 7) is 4.45. The Kier molecular flexibility index (Phi) is 14.3. The zero-order chi connectivity index (χ0) is 13.5. The molecule has 2 N–H and O–H groups in total. The van der Waals surface area contributed by atoms with E-state index in [1.165, 1.54) is 24.0 Å². The van der Waals surface area contributed by atoms with Gasteiger partial charge in [-0.05, 0) is 24.0 Å². The lowest BCUT2D eigenvalue weighted by Gasteiger charge is -2.04. The van der Waals surface area contributed by atoms with Crippen molar-refractivity contribution in [2.24, 2.45) is 0 Å². The van der Waals surface area contributed by atoms with Crippen molar-refractivity contribution in [3.8, 4) is 0 Å². The van der Waals surface area contributed by atoms with Gasteiger partial charge in [0.05, 0.1) is 0 Å². The van der Waals surface area contributed by atoms with E-state index in [1.54, 1.807) is 0 Å². The maximum absolute atomic E-state index is 8.35. The van der Waals surface area contributed by atoms with Crippen molar-refractivity contribution in [1.82, 2.24) is 0 Å². The van der Waals surface area contributed by atoms with Crippen molar-refractivity contribution in [1.29, 1.82) is 10.8 Å². The van der Waals surface area contributed by atoms with E-state index in [-0.39, 0.29) is 0 Å². The van der Waals surface area contributed by atoms with E-state index in [9.17, 15) is 0 Å². The first-order chi connectivity index (χ1) is 8.21. The second-order valence-electron chi connectivity index (χ2n) is 3.08. The van der Waals surface area contributed by atoms with Crippen molar-refractivity contribution in [3.63, 3.8) is 0 Å². The van der Waals surface area contributed by atoms with Crippen molar-refractivity contribution in [2.75, 3.05) is 0 Å². The van der Waals surface area contributed by atoms with Gasteiger partial charge in [0.25, 0.3) is 0 Å². The highest BCUT2D eigenvalue weighted by Gasteiger charge is 1.96. The first-order valence-electron chi connectivity index (χ1n) is 5.36. The van der Waals surface area contributed by atoms with Crippen LogP contribution < -0.4 is 0 Å². The molecule has 92 valence electrons. The van der Waals surface area contributed by atoms with Gasteiger partial charge in [-0.25, -0.2) is 20.4 Å². The molecule has 0 aliphatic heterocycles. The first kappa shape index (κ1) is 17.4. The molecule has 4 heteroatoms. The number of hydrogen-bond acceptors (Lipinski definition) is 4. The second kappa shape index (κ2) is 14.0. The molecule has 0 amide bonds. The summed E-state index contributed by atoms with van der Waals surface area (Å²) in [5.74, 6) is 0. The van der Waals surface area contributed by atoms with Crippen LogP contribution >= 0.6 is 0 Å². The molecule has 0 atom stereocenters. The summed E-state index contributed by atoms with van der Waals surface area (Å²) in [7, 11) is 0. The Morgan fingerprint density at radius 2 is 1.41 bits per heavy atom. The summed E-state index contributed by atoms with van der Waals surface area (Å²) in [5.41, 5.74) is 3.03. The standard InChI is InChI=1S/C11H16.2CHNO/c1-3-7-11-9-6-5-8-10(11)4-2;2*2-1-3/h5-6,8-9H,3-4,7H2,1-2H3;2*2H. The molecule has 17 heavy (non-hydrogen) atoms. The highest BCUT2D eigenvalue weighted by atomic mass is 16.1. The van der Waals surface area contributed by atoms with E-state index in [2.05, 4.69) is 38.1 Å². The average Bonchev–Trinajstić information content (AvgIpc) is 2.32. The molecule has 0 radical (unpaired) electrons. The third-order valence-corrected chi connectivity index (χ3v) is 2.02. The number of aryl methyl sites for hydroxylation is 2. The van der Waals surface area contributed by atoms with Crippen molar-refractivity contribution in [2.45, 2.75) is 33.1 Å². The molecule has 4 nitrogen and oxygen atoms in total. The highest BCUT2D eigenvalue weighted by molar-refractivity contribution is 5.27. The van der Waals surface area contributed by atoms with E-state index in [0.29, 0.717) is 0 Å². The van der Waals surface area contributed by atoms with Gasteiger partial charge in [-0.3, -0.25) is 0 Å². The Morgan fingerprint density at radius 3 is 1.76 bits per heavy atom. The minimum absolute atomic E-state index is 0.750. The summed E-state index contributed by atoms with van der Waals surface area (Å²) in [6.07, 6.45) is 5.14. The van der Waals surface area contributed by atoms with Crippen LogP contribution in [0.1, 0.15) is 31.4 Å². The lowest BCUT2D eigenvalue weighted by molar-refractivity contribution is 0.562. The molecular weight excluding hydrogens is 216 g/mol. The van der Waals surface area contributed by atoms with Gasteiger partial charge >= 0.3 is 0 Å². The maximum atomic E-state index is 8.35. The van der Waals surface area contributed by atoms with Gasteiger partial charge in [0.15, 0.2) is 0 Å². The molecule has 0 bridgehead atoms. The van der Waals surface area contributed by atoms with Crippen molar-refractivity contribution < 1.29 is 9.59 Å². The monoisotopic (exact) mass is 234 g/mol. The van der Waals surface area contributed by atoms with Gasteiger partial charge < -0.3 is 0 Å². The Morgan fingerprint density at radius 1 is 1.00 bits per heavy atom. The van der Waals surface area contributed by atoms with E-state index in [0.717, 1.165) is 18.6 Å². The van der Waals surface area contributed by atoms with Crippen LogP contribution in [-0.4, -0.2) is 12.2 Å². The van der Waals surface area contributed by atoms with Crippen molar-refractivity contribution in [3.05, 3.63) is 35.4 Å². The molecular formula is C13H18N2O2. The molecule has 0 aliphatic rings. The molecule has 0 spiro atoms. The molecule has 0 saturated carbocycles. The van der Waals surface area contributed by atoms with Gasteiger partial charge in [0, 0.05) is 0 Å². The maximum Gasteiger partial charge on any atom is 0.231 e. The molecule has 0 fully saturated rings. The predicted molar refractivity (Wildman–Crippen MR) is 66.6 cm³/mol. The van der Waals surface area contributed by atoms with E-state index in [1.807, 2.05) is 0 Å². The molecule has 0 saturated heterocycles. The number of benzene rings is 1. The van der Waals surface area contributed by atoms with E-state index < -0.39 is 0 Å². The molecule has 1 aromatic carbocycles. The second-order valence-corrected chi connectivity index (χ2v) is 3.08. The number of isocyanates is 2. The lowest BCUT2D eigenvalue weighted by atomic mass is 10.0. The minimum atomic E-state index is 0.750. The molecule has 0 heterocycles. The number of hydrogen-bond donors (Lipinski definition) is 2. The third kappa shape index (κ3) is 10.3. The Bertz CT molecular complexity index is 351. The van der Waals surface area contributed by atoms with Gasteiger partial charge in [0.1, 0.15) is 0 Å². The van der Waals surface area contributed by atoms with Gasteiger partial charge in [0.2, 0.25) is 12.2 Å². The molecule has 0 aliphatic carbocycles. The first-order valence-corrected chi connectivity index (χ1v) is 5.36. The van der Waals surface area contributed by atoms with E-state index in [4.69, 9.17) is 20.4 Å². The third-order valence-electron chi connectivity index (χ3n) is 2.02. The SMILES string of the molecule is CCCc1ccccc1CC.N=C=O.N=C=O. The summed E-state index contributed by atoms with van der Waals surface area (Å²) < 4.78 is 0. The molecule has 0 aromatic heterocycles. The Labute approximate surface area is 102 Å². The Hall–Kier alpha value is -2.02. The van der Waals surface area contributed by atoms with Crippen molar-refractivity contribution >= 4 is 12.2 Å². The van der Waals surface area contributed by atoms with E-state index >= 15 is 0 Å². The number of nitrogens with one attached hydrogen (secondary N) is 2. The van der Waals surface area contributed by atoms with Crippen LogP contribution in [0.5, 0.6) is 0 Å². The van der Waals surface area contributed by atoms with Crippen LogP contribution in [-0.2, 0) is 22.4 Å². The molecule has 0 unspecified atom stereocenters. The van der Waals surface area contributed by atoms with Crippen LogP contribution in [0, 0.1) is 10.8 Å². The summed E-state index contributed by atoms with van der Waals surface area (Å²) in [4.78, 5) is 16.7. The summed E-state index contributed by atoms with van der Waals surface area (Å²) >= 11 is 0. The highest BCUT2D eigenvalue weighted by Crippen LogP contribution is 2.10. The average molecular weight is 234 g/mol. The fourth-order valence-electron chi connectivity index (χ4n) is 1.42. The van der Waals surface area contributed by atoms with Crippen LogP contribution in [0.3, 0.4) is 0 Å². The number of rotatable bonds is 3. The zero-order valence-electron chi connectivity index (χ0n) is 10.2. The zero-order valence-corrected chi connectivity index (χ0v) is 10.2.